The van der Waals surface area contributed by atoms with Gasteiger partial charge in [0.25, 0.3) is 0 Å². The Morgan fingerprint density at radius 2 is 2.17 bits per heavy atom. The molecule has 12 heavy (non-hydrogen) atoms. The number of hydrogen-bond acceptors (Lipinski definition) is 0. The Balaban J connectivity index is 2.14. The SMILES string of the molecule is CCCCCCC1=C(P)CC=C1. The lowest BCUT2D eigenvalue weighted by molar-refractivity contribution is 0.668. The van der Waals surface area contributed by atoms with Crippen LogP contribution in [0.1, 0.15) is 45.4 Å². The summed E-state index contributed by atoms with van der Waals surface area (Å²) in [6.07, 6.45) is 12.5. The Morgan fingerprint density at radius 1 is 1.33 bits per heavy atom. The number of unbranched alkanes of at least 4 members (excludes halogenated alkanes) is 3. The van der Waals surface area contributed by atoms with Crippen LogP contribution >= 0.6 is 9.24 Å². The predicted octanol–water partition coefficient (Wildman–Crippen LogP) is 4.05. The van der Waals surface area contributed by atoms with Gasteiger partial charge in [-0.25, -0.2) is 0 Å². The first-order valence-corrected chi connectivity index (χ1v) is 5.56. The minimum Gasteiger partial charge on any atom is -0.109 e. The van der Waals surface area contributed by atoms with E-state index < -0.39 is 0 Å². The second kappa shape index (κ2) is 5.54. The van der Waals surface area contributed by atoms with Crippen LogP contribution in [-0.2, 0) is 0 Å². The fraction of sp³-hybridized carbons (Fsp3) is 0.636. The predicted molar refractivity (Wildman–Crippen MR) is 59.3 cm³/mol. The van der Waals surface area contributed by atoms with E-state index in [0.717, 1.165) is 6.42 Å². The largest absolute Gasteiger partial charge is 0.109 e. The van der Waals surface area contributed by atoms with E-state index >= 15 is 0 Å². The summed E-state index contributed by atoms with van der Waals surface area (Å²) in [5.74, 6) is 0. The zero-order valence-electron chi connectivity index (χ0n) is 7.97. The van der Waals surface area contributed by atoms with Crippen LogP contribution < -0.4 is 0 Å². The molecule has 68 valence electrons. The molecular formula is C11H19P. The Kier molecular flexibility index (Phi) is 4.61. The first-order chi connectivity index (χ1) is 5.84. The zero-order chi connectivity index (χ0) is 8.81. The van der Waals surface area contributed by atoms with E-state index in [4.69, 9.17) is 0 Å². The van der Waals surface area contributed by atoms with E-state index in [1.165, 1.54) is 37.4 Å². The van der Waals surface area contributed by atoms with E-state index in [9.17, 15) is 0 Å². The molecule has 1 unspecified atom stereocenters. The topological polar surface area (TPSA) is 0 Å². The molecule has 0 heterocycles. The third kappa shape index (κ3) is 3.11. The van der Waals surface area contributed by atoms with Gasteiger partial charge in [-0.15, -0.1) is 9.24 Å². The van der Waals surface area contributed by atoms with Crippen molar-refractivity contribution in [1.29, 1.82) is 0 Å². The number of rotatable bonds is 5. The molecule has 0 aromatic carbocycles. The summed E-state index contributed by atoms with van der Waals surface area (Å²) in [6, 6.07) is 0. The maximum Gasteiger partial charge on any atom is -0.00923 e. The van der Waals surface area contributed by atoms with Crippen molar-refractivity contribution in [2.45, 2.75) is 45.4 Å². The molecule has 0 aromatic heterocycles. The highest BCUT2D eigenvalue weighted by Crippen LogP contribution is 2.28. The minimum atomic E-state index is 1.16. The van der Waals surface area contributed by atoms with Crippen molar-refractivity contribution in [2.24, 2.45) is 0 Å². The molecule has 1 aliphatic carbocycles. The molecule has 0 bridgehead atoms. The second-order valence-electron chi connectivity index (χ2n) is 3.47. The molecule has 0 amide bonds. The summed E-state index contributed by atoms with van der Waals surface area (Å²) in [5.41, 5.74) is 1.57. The van der Waals surface area contributed by atoms with E-state index in [-0.39, 0.29) is 0 Å². The molecule has 1 heteroatoms. The molecule has 0 nitrogen and oxygen atoms in total. The molecule has 0 aliphatic heterocycles. The van der Waals surface area contributed by atoms with Crippen LogP contribution in [0.25, 0.3) is 0 Å². The quantitative estimate of drug-likeness (QED) is 0.444. The Labute approximate surface area is 78.3 Å². The van der Waals surface area contributed by atoms with Crippen molar-refractivity contribution < 1.29 is 0 Å². The molecule has 0 saturated heterocycles. The van der Waals surface area contributed by atoms with Gasteiger partial charge in [0.15, 0.2) is 0 Å². The average molecular weight is 182 g/mol. The summed E-state index contributed by atoms with van der Waals surface area (Å²) in [5, 5.41) is 1.51. The molecule has 0 N–H and O–H groups in total. The van der Waals surface area contributed by atoms with Crippen molar-refractivity contribution in [3.05, 3.63) is 23.0 Å². The van der Waals surface area contributed by atoms with Gasteiger partial charge in [-0.05, 0) is 30.1 Å². The summed E-state index contributed by atoms with van der Waals surface area (Å²) >= 11 is 0. The summed E-state index contributed by atoms with van der Waals surface area (Å²) < 4.78 is 0. The first-order valence-electron chi connectivity index (χ1n) is 4.98. The Bertz CT molecular complexity index is 189. The molecule has 0 radical (unpaired) electrons. The fourth-order valence-electron chi connectivity index (χ4n) is 1.55. The first kappa shape index (κ1) is 9.99. The third-order valence-corrected chi connectivity index (χ3v) is 2.98. The lowest BCUT2D eigenvalue weighted by atomic mass is 10.1. The number of allylic oxidation sites excluding steroid dienone is 4. The van der Waals surface area contributed by atoms with Crippen molar-refractivity contribution >= 4 is 9.24 Å². The van der Waals surface area contributed by atoms with Crippen LogP contribution in [0.4, 0.5) is 0 Å². The molecule has 0 fully saturated rings. The maximum atomic E-state index is 2.85. The van der Waals surface area contributed by atoms with Crippen LogP contribution in [0.3, 0.4) is 0 Å². The van der Waals surface area contributed by atoms with Gasteiger partial charge in [0, 0.05) is 0 Å². The molecular weight excluding hydrogens is 163 g/mol. The van der Waals surface area contributed by atoms with E-state index in [1.807, 2.05) is 0 Å². The van der Waals surface area contributed by atoms with E-state index in [0.29, 0.717) is 0 Å². The van der Waals surface area contributed by atoms with Crippen molar-refractivity contribution in [3.8, 4) is 0 Å². The molecule has 1 aliphatic rings. The van der Waals surface area contributed by atoms with Gasteiger partial charge in [-0.3, -0.25) is 0 Å². The van der Waals surface area contributed by atoms with Gasteiger partial charge < -0.3 is 0 Å². The highest BCUT2D eigenvalue weighted by Gasteiger charge is 2.03. The van der Waals surface area contributed by atoms with Gasteiger partial charge >= 0.3 is 0 Å². The zero-order valence-corrected chi connectivity index (χ0v) is 9.13. The molecule has 0 saturated carbocycles. The highest BCUT2D eigenvalue weighted by molar-refractivity contribution is 7.22. The molecule has 1 atom stereocenters. The monoisotopic (exact) mass is 182 g/mol. The number of hydrogen-bond donors (Lipinski definition) is 0. The minimum absolute atomic E-state index is 1.16. The lowest BCUT2D eigenvalue weighted by Crippen LogP contribution is -1.80. The lowest BCUT2D eigenvalue weighted by Gasteiger charge is -2.01. The van der Waals surface area contributed by atoms with Gasteiger partial charge in [0.1, 0.15) is 0 Å². The van der Waals surface area contributed by atoms with Crippen molar-refractivity contribution in [1.82, 2.24) is 0 Å². The van der Waals surface area contributed by atoms with Gasteiger partial charge in [-0.2, -0.15) is 0 Å². The standard InChI is InChI=1S/C11H19P/c1-2-3-4-5-7-10-8-6-9-11(10)12/h6,8H,2-5,7,9,12H2,1H3. The average Bonchev–Trinajstić information content (AvgIpc) is 2.46. The van der Waals surface area contributed by atoms with Gasteiger partial charge in [0.2, 0.25) is 0 Å². The van der Waals surface area contributed by atoms with Crippen LogP contribution in [0.2, 0.25) is 0 Å². The van der Waals surface area contributed by atoms with Gasteiger partial charge in [-0.1, -0.05) is 38.3 Å². The third-order valence-electron chi connectivity index (χ3n) is 2.37. The molecule has 1 rings (SSSR count). The second-order valence-corrected chi connectivity index (χ2v) is 4.16. The molecule has 0 spiro atoms. The van der Waals surface area contributed by atoms with E-state index in [2.05, 4.69) is 28.3 Å². The smallest absolute Gasteiger partial charge is 0.00923 e. The van der Waals surface area contributed by atoms with Crippen LogP contribution in [-0.4, -0.2) is 0 Å². The van der Waals surface area contributed by atoms with Crippen molar-refractivity contribution in [2.75, 3.05) is 0 Å². The fourth-order valence-corrected chi connectivity index (χ4v) is 1.93. The summed E-state index contributed by atoms with van der Waals surface area (Å²) in [7, 11) is 2.85. The maximum absolute atomic E-state index is 2.85. The molecule has 0 aromatic rings. The van der Waals surface area contributed by atoms with Crippen LogP contribution in [0.15, 0.2) is 23.0 Å². The van der Waals surface area contributed by atoms with Crippen LogP contribution in [0.5, 0.6) is 0 Å². The Hall–Kier alpha value is -0.0900. The summed E-state index contributed by atoms with van der Waals surface area (Å²) in [6.45, 7) is 2.26. The highest BCUT2D eigenvalue weighted by atomic mass is 31.0. The van der Waals surface area contributed by atoms with Crippen LogP contribution in [0, 0.1) is 0 Å². The Morgan fingerprint density at radius 3 is 2.75 bits per heavy atom. The van der Waals surface area contributed by atoms with E-state index in [1.54, 1.807) is 5.57 Å². The van der Waals surface area contributed by atoms with Gasteiger partial charge in [0.05, 0.1) is 0 Å². The normalized spacial score (nSPS) is 16.2. The summed E-state index contributed by atoms with van der Waals surface area (Å²) in [4.78, 5) is 0. The van der Waals surface area contributed by atoms with Crippen molar-refractivity contribution in [3.63, 3.8) is 0 Å².